The molecule has 0 fully saturated rings. The number of hydrogen-bond acceptors (Lipinski definition) is 11. The summed E-state index contributed by atoms with van der Waals surface area (Å²) in [7, 11) is 0. The van der Waals surface area contributed by atoms with Gasteiger partial charge in [0.05, 0.1) is 21.7 Å². The van der Waals surface area contributed by atoms with E-state index in [-0.39, 0.29) is 79.8 Å². The second kappa shape index (κ2) is 27.2. The molecule has 0 rings (SSSR count). The molecule has 0 aliphatic heterocycles. The zero-order valence-corrected chi connectivity index (χ0v) is 13.6. The van der Waals surface area contributed by atoms with Crippen molar-refractivity contribution < 1.29 is 74.2 Å². The summed E-state index contributed by atoms with van der Waals surface area (Å²) >= 11 is 0. The minimum Gasteiger partial charge on any atom is -0.356 e. The van der Waals surface area contributed by atoms with Crippen LogP contribution < -0.4 is 0 Å². The van der Waals surface area contributed by atoms with Crippen LogP contribution in [0.4, 0.5) is 0 Å². The maximum absolute atomic E-state index is 10.0. The van der Waals surface area contributed by atoms with Crippen molar-refractivity contribution in [3.8, 4) is 0 Å². The molecule has 0 bridgehead atoms. The summed E-state index contributed by atoms with van der Waals surface area (Å²) in [5.41, 5.74) is 0. The Bertz CT molecular complexity index is 272. The Hall–Kier alpha value is -1.19. The number of Topliss-reactive ketones (excluding diaryl/α,β-unsaturated/α-hetero) is 2. The molecule has 0 saturated carbocycles. The first kappa shape index (κ1) is 36.8. The molecule has 0 amide bonds. The monoisotopic (exact) mass is 475 g/mol. The molecule has 0 aliphatic rings. The number of hydrogen-bond donors (Lipinski definition) is 0. The average molecular weight is 475 g/mol. The number of nitrogens with zero attached hydrogens (tertiary/aromatic N) is 3. The van der Waals surface area contributed by atoms with Crippen LogP contribution in [0.5, 0.6) is 0 Å². The molecule has 0 saturated heterocycles. The topological polar surface area (TPSA) is 233 Å². The minimum absolute atomic E-state index is 0. The van der Waals surface area contributed by atoms with Gasteiger partial charge in [-0.05, 0) is 13.8 Å². The van der Waals surface area contributed by atoms with Gasteiger partial charge in [-0.1, -0.05) is 0 Å². The Kier molecular flexibility index (Phi) is 47.6. The van der Waals surface area contributed by atoms with Crippen molar-refractivity contribution in [2.75, 3.05) is 0 Å². The zero-order valence-electron chi connectivity index (χ0n) is 10.3. The average Bonchev–Trinajstić information content (AvgIpc) is 1.95. The fourth-order valence-corrected chi connectivity index (χ4v) is 0.351. The molecule has 0 unspecified atom stereocenters. The van der Waals surface area contributed by atoms with Gasteiger partial charge in [-0.3, -0.25) is 9.59 Å². The largest absolute Gasteiger partial charge is 3.00 e. The SMILES string of the molecule is CC(=O)CC(C)=O.Cl.O=[N+]([O-])[O-].O=[N+]([O-])[O-].O=[N+]([O-])[O-].[Eu+3]. The van der Waals surface area contributed by atoms with E-state index in [0.29, 0.717) is 0 Å². The fourth-order valence-electron chi connectivity index (χ4n) is 0.351. The van der Waals surface area contributed by atoms with Gasteiger partial charge in [-0.25, -0.2) is 0 Å². The third-order valence-corrected chi connectivity index (χ3v) is 0.498. The maximum atomic E-state index is 10.0. The van der Waals surface area contributed by atoms with E-state index >= 15 is 0 Å². The van der Waals surface area contributed by atoms with E-state index in [0.717, 1.165) is 0 Å². The van der Waals surface area contributed by atoms with Crippen LogP contribution in [0.3, 0.4) is 0 Å². The molecule has 0 radical (unpaired) electrons. The molecule has 0 atom stereocenters. The molecule has 0 aliphatic carbocycles. The van der Waals surface area contributed by atoms with Gasteiger partial charge in [0.15, 0.2) is 0 Å². The molecular weight excluding hydrogens is 465 g/mol. The van der Waals surface area contributed by atoms with Crippen molar-refractivity contribution in [2.24, 2.45) is 0 Å². The summed E-state index contributed by atoms with van der Waals surface area (Å²) in [5, 5.41) is 44.2. The van der Waals surface area contributed by atoms with Crippen LogP contribution in [-0.4, -0.2) is 26.8 Å². The minimum atomic E-state index is -1.75. The second-order valence-corrected chi connectivity index (χ2v) is 2.25. The van der Waals surface area contributed by atoms with Crippen molar-refractivity contribution in [1.82, 2.24) is 0 Å². The Morgan fingerprint density at radius 2 is 0.810 bits per heavy atom. The Morgan fingerprint density at radius 1 is 0.714 bits per heavy atom. The Balaban J connectivity index is -0.0000000359. The van der Waals surface area contributed by atoms with Crippen LogP contribution in [-0.2, 0) is 9.59 Å². The summed E-state index contributed by atoms with van der Waals surface area (Å²) < 4.78 is 0. The molecule has 0 aromatic carbocycles. The summed E-state index contributed by atoms with van der Waals surface area (Å²) in [6, 6.07) is 0. The molecule has 0 aromatic heterocycles. The standard InChI is InChI=1S/C5H8O2.ClH.Eu.3NO3/c1-4(6)3-5(2)7;;;3*2-1(3)4/h3H2,1-2H3;1H;;;;/q;;+3;3*-1. The van der Waals surface area contributed by atoms with Crippen LogP contribution in [0.2, 0.25) is 0 Å². The predicted molar refractivity (Wildman–Crippen MR) is 64.3 cm³/mol. The molecule has 14 nitrogen and oxygen atoms in total. The smallest absolute Gasteiger partial charge is 0.356 e. The summed E-state index contributed by atoms with van der Waals surface area (Å²) in [6.45, 7) is 2.81. The first-order chi connectivity index (χ1) is 8.32. The summed E-state index contributed by atoms with van der Waals surface area (Å²) in [6.07, 6.45) is 0.0833. The van der Waals surface area contributed by atoms with Gasteiger partial charge in [0.25, 0.3) is 0 Å². The summed E-state index contributed by atoms with van der Waals surface area (Å²) in [4.78, 5) is 44.8. The predicted octanol–water partition coefficient (Wildman–Crippen LogP) is 0.259. The third kappa shape index (κ3) is 672. The number of ketones is 2. The van der Waals surface area contributed by atoms with Crippen molar-refractivity contribution in [1.29, 1.82) is 0 Å². The van der Waals surface area contributed by atoms with E-state index in [9.17, 15) is 9.59 Å². The van der Waals surface area contributed by atoms with Crippen LogP contribution in [0.15, 0.2) is 0 Å². The van der Waals surface area contributed by atoms with Gasteiger partial charge >= 0.3 is 49.4 Å². The van der Waals surface area contributed by atoms with E-state index in [1.807, 2.05) is 0 Å². The number of carbonyl (C=O) groups excluding carboxylic acids is 2. The van der Waals surface area contributed by atoms with E-state index in [4.69, 9.17) is 46.0 Å². The van der Waals surface area contributed by atoms with Gasteiger partial charge < -0.3 is 46.0 Å². The van der Waals surface area contributed by atoms with Crippen LogP contribution in [0, 0.1) is 95.3 Å². The molecule has 0 N–H and O–H groups in total. The van der Waals surface area contributed by atoms with Crippen molar-refractivity contribution in [3.05, 3.63) is 46.0 Å². The second-order valence-electron chi connectivity index (χ2n) is 2.25. The molecule has 124 valence electrons. The van der Waals surface area contributed by atoms with E-state index in [1.165, 1.54) is 13.8 Å². The molecular formula is C5H9ClEuN3O11. The number of carbonyl (C=O) groups is 2. The Morgan fingerprint density at radius 3 is 0.810 bits per heavy atom. The van der Waals surface area contributed by atoms with Crippen LogP contribution >= 0.6 is 12.4 Å². The number of rotatable bonds is 2. The number of halogens is 1. The van der Waals surface area contributed by atoms with Crippen molar-refractivity contribution in [2.45, 2.75) is 20.3 Å². The molecule has 16 heteroatoms. The van der Waals surface area contributed by atoms with Gasteiger partial charge in [-0.2, -0.15) is 0 Å². The Labute approximate surface area is 163 Å². The molecule has 0 spiro atoms. The molecule has 0 aromatic rings. The molecule has 21 heavy (non-hydrogen) atoms. The van der Waals surface area contributed by atoms with E-state index in [2.05, 4.69) is 0 Å². The third-order valence-electron chi connectivity index (χ3n) is 0.498. The van der Waals surface area contributed by atoms with Crippen molar-refractivity contribution in [3.63, 3.8) is 0 Å². The van der Waals surface area contributed by atoms with Gasteiger partial charge in [-0.15, -0.1) is 12.4 Å². The first-order valence-corrected chi connectivity index (χ1v) is 3.76. The van der Waals surface area contributed by atoms with Gasteiger partial charge in [0.1, 0.15) is 11.6 Å². The van der Waals surface area contributed by atoms with Crippen LogP contribution in [0.1, 0.15) is 20.3 Å². The quantitative estimate of drug-likeness (QED) is 0.299. The van der Waals surface area contributed by atoms with Gasteiger partial charge in [0.2, 0.25) is 0 Å². The zero-order chi connectivity index (χ0) is 16.6. The molecule has 0 heterocycles. The maximum Gasteiger partial charge on any atom is 3.00 e. The van der Waals surface area contributed by atoms with Crippen LogP contribution in [0.25, 0.3) is 0 Å². The first-order valence-electron chi connectivity index (χ1n) is 3.76. The summed E-state index contributed by atoms with van der Waals surface area (Å²) in [5.74, 6) is -0.125. The van der Waals surface area contributed by atoms with E-state index < -0.39 is 15.3 Å². The van der Waals surface area contributed by atoms with E-state index in [1.54, 1.807) is 0 Å². The van der Waals surface area contributed by atoms with Gasteiger partial charge in [0, 0.05) is 0 Å². The fraction of sp³-hybridized carbons (Fsp3) is 0.600. The van der Waals surface area contributed by atoms with Crippen molar-refractivity contribution >= 4 is 24.0 Å². The normalized spacial score (nSPS) is 6.19.